The maximum atomic E-state index is 5.82. The van der Waals surface area contributed by atoms with Crippen LogP contribution in [0, 0.1) is 0 Å². The maximum Gasteiger partial charge on any atom is 0.0320 e. The summed E-state index contributed by atoms with van der Waals surface area (Å²) in [6, 6.07) is 21.4. The molecule has 0 saturated carbocycles. The molecular weight excluding hydrogens is 242 g/mol. The summed E-state index contributed by atoms with van der Waals surface area (Å²) in [5.41, 5.74) is 10.5. The van der Waals surface area contributed by atoms with E-state index in [-0.39, 0.29) is 0 Å². The number of fused-ring (bicyclic) bond motifs is 1. The summed E-state index contributed by atoms with van der Waals surface area (Å²) in [6.07, 6.45) is 0. The van der Waals surface area contributed by atoms with Gasteiger partial charge in [-0.3, -0.25) is 0 Å². The van der Waals surface area contributed by atoms with Crippen LogP contribution in [0.1, 0.15) is 25.3 Å². The number of benzene rings is 3. The number of hydrogen-bond donors (Lipinski definition) is 1. The molecule has 0 radical (unpaired) electrons. The molecule has 0 aromatic heterocycles. The van der Waals surface area contributed by atoms with Crippen molar-refractivity contribution in [3.05, 3.63) is 66.2 Å². The summed E-state index contributed by atoms with van der Waals surface area (Å²) in [5.74, 6) is 0.573. The lowest BCUT2D eigenvalue weighted by atomic mass is 9.97. The van der Waals surface area contributed by atoms with Gasteiger partial charge in [-0.1, -0.05) is 56.3 Å². The summed E-state index contributed by atoms with van der Waals surface area (Å²) in [6.45, 7) is 4.44. The second-order valence-corrected chi connectivity index (χ2v) is 5.60. The van der Waals surface area contributed by atoms with E-state index in [1.165, 1.54) is 27.5 Å². The zero-order valence-electron chi connectivity index (χ0n) is 11.9. The Morgan fingerprint density at radius 1 is 0.700 bits per heavy atom. The first-order valence-electron chi connectivity index (χ1n) is 7.03. The van der Waals surface area contributed by atoms with E-state index in [0.29, 0.717) is 5.92 Å². The lowest BCUT2D eigenvalue weighted by Crippen LogP contribution is -1.87. The van der Waals surface area contributed by atoms with Crippen LogP contribution in [0.4, 0.5) is 5.69 Å². The number of anilines is 1. The van der Waals surface area contributed by atoms with E-state index < -0.39 is 0 Å². The van der Waals surface area contributed by atoms with Crippen molar-refractivity contribution in [1.29, 1.82) is 0 Å². The van der Waals surface area contributed by atoms with Crippen molar-refractivity contribution in [2.75, 3.05) is 5.73 Å². The van der Waals surface area contributed by atoms with Gasteiger partial charge >= 0.3 is 0 Å². The number of nitrogens with two attached hydrogens (primary N) is 1. The summed E-state index contributed by atoms with van der Waals surface area (Å²) in [4.78, 5) is 0. The molecule has 3 aromatic rings. The van der Waals surface area contributed by atoms with Crippen molar-refractivity contribution in [2.45, 2.75) is 19.8 Å². The number of hydrogen-bond acceptors (Lipinski definition) is 1. The minimum Gasteiger partial charge on any atom is -0.399 e. The van der Waals surface area contributed by atoms with Gasteiger partial charge in [0, 0.05) is 5.69 Å². The first kappa shape index (κ1) is 12.7. The fourth-order valence-electron chi connectivity index (χ4n) is 2.50. The molecule has 20 heavy (non-hydrogen) atoms. The molecule has 0 unspecified atom stereocenters. The van der Waals surface area contributed by atoms with E-state index in [0.717, 1.165) is 5.69 Å². The van der Waals surface area contributed by atoms with Gasteiger partial charge in [-0.15, -0.1) is 0 Å². The van der Waals surface area contributed by atoms with Crippen molar-refractivity contribution in [2.24, 2.45) is 0 Å². The van der Waals surface area contributed by atoms with Crippen LogP contribution >= 0.6 is 0 Å². The SMILES string of the molecule is CC(C)c1ccc(-c2ccc3cc(N)ccc3c2)cc1. The molecule has 3 aromatic carbocycles. The largest absolute Gasteiger partial charge is 0.399 e. The third-order valence-corrected chi connectivity index (χ3v) is 3.77. The van der Waals surface area contributed by atoms with Gasteiger partial charge in [0.25, 0.3) is 0 Å². The van der Waals surface area contributed by atoms with Crippen LogP contribution in [0.25, 0.3) is 21.9 Å². The maximum absolute atomic E-state index is 5.82. The molecule has 1 nitrogen and oxygen atoms in total. The predicted molar refractivity (Wildman–Crippen MR) is 87.9 cm³/mol. The van der Waals surface area contributed by atoms with Crippen molar-refractivity contribution in [3.8, 4) is 11.1 Å². The van der Waals surface area contributed by atoms with Crippen LogP contribution < -0.4 is 5.73 Å². The summed E-state index contributed by atoms with van der Waals surface area (Å²) in [7, 11) is 0. The van der Waals surface area contributed by atoms with Gasteiger partial charge in [-0.05, 0) is 51.6 Å². The average molecular weight is 261 g/mol. The van der Waals surface area contributed by atoms with E-state index in [2.05, 4.69) is 62.4 Å². The molecule has 0 aliphatic carbocycles. The highest BCUT2D eigenvalue weighted by atomic mass is 14.5. The standard InChI is InChI=1S/C19H19N/c1-13(2)14-3-5-15(6-4-14)16-7-8-18-12-19(20)10-9-17(18)11-16/h3-13H,20H2,1-2H3. The summed E-state index contributed by atoms with van der Waals surface area (Å²) >= 11 is 0. The normalized spacial score (nSPS) is 11.2. The molecule has 0 amide bonds. The second-order valence-electron chi connectivity index (χ2n) is 5.60. The van der Waals surface area contributed by atoms with E-state index in [1.807, 2.05) is 12.1 Å². The van der Waals surface area contributed by atoms with E-state index in [9.17, 15) is 0 Å². The van der Waals surface area contributed by atoms with Crippen LogP contribution in [0.3, 0.4) is 0 Å². The molecular formula is C19H19N. The van der Waals surface area contributed by atoms with E-state index in [1.54, 1.807) is 0 Å². The predicted octanol–water partition coefficient (Wildman–Crippen LogP) is 5.21. The molecule has 3 rings (SSSR count). The van der Waals surface area contributed by atoms with Crippen molar-refractivity contribution >= 4 is 16.5 Å². The molecule has 0 saturated heterocycles. The summed E-state index contributed by atoms with van der Waals surface area (Å²) in [5, 5.41) is 2.41. The van der Waals surface area contributed by atoms with E-state index in [4.69, 9.17) is 5.73 Å². The topological polar surface area (TPSA) is 26.0 Å². The number of rotatable bonds is 2. The Bertz CT molecular complexity index is 739. The Morgan fingerprint density at radius 2 is 1.30 bits per heavy atom. The van der Waals surface area contributed by atoms with Gasteiger partial charge in [0.2, 0.25) is 0 Å². The lowest BCUT2D eigenvalue weighted by Gasteiger charge is -2.08. The van der Waals surface area contributed by atoms with Gasteiger partial charge in [0.1, 0.15) is 0 Å². The van der Waals surface area contributed by atoms with Crippen molar-refractivity contribution in [3.63, 3.8) is 0 Å². The third-order valence-electron chi connectivity index (χ3n) is 3.77. The number of nitrogen functional groups attached to an aromatic ring is 1. The first-order chi connectivity index (χ1) is 9.63. The molecule has 2 N–H and O–H groups in total. The Kier molecular flexibility index (Phi) is 3.19. The fourth-order valence-corrected chi connectivity index (χ4v) is 2.50. The summed E-state index contributed by atoms with van der Waals surface area (Å²) < 4.78 is 0. The van der Waals surface area contributed by atoms with E-state index >= 15 is 0 Å². The van der Waals surface area contributed by atoms with Crippen LogP contribution in [0.5, 0.6) is 0 Å². The first-order valence-corrected chi connectivity index (χ1v) is 7.03. The highest BCUT2D eigenvalue weighted by molar-refractivity contribution is 5.89. The minimum atomic E-state index is 0.573. The highest BCUT2D eigenvalue weighted by Crippen LogP contribution is 2.27. The molecule has 1 heteroatoms. The molecule has 0 bridgehead atoms. The Labute approximate surface area is 120 Å². The van der Waals surface area contributed by atoms with Crippen LogP contribution in [-0.4, -0.2) is 0 Å². The van der Waals surface area contributed by atoms with Crippen LogP contribution in [0.2, 0.25) is 0 Å². The molecule has 0 aliphatic heterocycles. The van der Waals surface area contributed by atoms with Gasteiger partial charge in [0.15, 0.2) is 0 Å². The van der Waals surface area contributed by atoms with Crippen molar-refractivity contribution in [1.82, 2.24) is 0 Å². The third kappa shape index (κ3) is 2.39. The van der Waals surface area contributed by atoms with Gasteiger partial charge in [-0.2, -0.15) is 0 Å². The molecule has 0 atom stereocenters. The molecule has 0 spiro atoms. The van der Waals surface area contributed by atoms with Gasteiger partial charge in [-0.25, -0.2) is 0 Å². The van der Waals surface area contributed by atoms with Crippen LogP contribution in [-0.2, 0) is 0 Å². The second kappa shape index (κ2) is 5.01. The van der Waals surface area contributed by atoms with Crippen molar-refractivity contribution < 1.29 is 0 Å². The quantitative estimate of drug-likeness (QED) is 0.629. The fraction of sp³-hybridized carbons (Fsp3) is 0.158. The Morgan fingerprint density at radius 3 is 2.00 bits per heavy atom. The smallest absolute Gasteiger partial charge is 0.0320 e. The zero-order valence-corrected chi connectivity index (χ0v) is 11.9. The lowest BCUT2D eigenvalue weighted by molar-refractivity contribution is 0.867. The monoisotopic (exact) mass is 261 g/mol. The molecule has 0 aliphatic rings. The molecule has 0 fully saturated rings. The van der Waals surface area contributed by atoms with Gasteiger partial charge in [0.05, 0.1) is 0 Å². The average Bonchev–Trinajstić information content (AvgIpc) is 2.47. The molecule has 100 valence electrons. The molecule has 0 heterocycles. The Hall–Kier alpha value is -2.28. The zero-order chi connectivity index (χ0) is 14.1. The van der Waals surface area contributed by atoms with Crippen LogP contribution in [0.15, 0.2) is 60.7 Å². The minimum absolute atomic E-state index is 0.573. The van der Waals surface area contributed by atoms with Gasteiger partial charge < -0.3 is 5.73 Å². The Balaban J connectivity index is 2.03. The highest BCUT2D eigenvalue weighted by Gasteiger charge is 2.02.